The number of rotatable bonds is 7. The fraction of sp³-hybridized carbons (Fsp3) is 0.647. The highest BCUT2D eigenvalue weighted by atomic mass is 16.5. The monoisotopic (exact) mass is 276 g/mol. The molecular formula is C17H28N2O. The molecule has 1 aliphatic heterocycles. The molecule has 0 saturated carbocycles. The van der Waals surface area contributed by atoms with Crippen LogP contribution >= 0.6 is 0 Å². The molecule has 2 rings (SSSR count). The first-order chi connectivity index (χ1) is 9.70. The first-order valence-corrected chi connectivity index (χ1v) is 7.78. The van der Waals surface area contributed by atoms with Crippen molar-refractivity contribution in [3.05, 3.63) is 29.8 Å². The molecule has 1 aromatic carbocycles. The van der Waals surface area contributed by atoms with Crippen LogP contribution in [0.3, 0.4) is 0 Å². The van der Waals surface area contributed by atoms with E-state index >= 15 is 0 Å². The summed E-state index contributed by atoms with van der Waals surface area (Å²) in [4.78, 5) is 2.64. The van der Waals surface area contributed by atoms with E-state index in [1.54, 1.807) is 7.11 Å². The van der Waals surface area contributed by atoms with Gasteiger partial charge in [0.1, 0.15) is 5.75 Å². The zero-order chi connectivity index (χ0) is 14.4. The van der Waals surface area contributed by atoms with Crippen molar-refractivity contribution in [3.63, 3.8) is 0 Å². The molecule has 0 bridgehead atoms. The number of likely N-dealkylation sites (tertiary alicyclic amines) is 1. The Kier molecular flexibility index (Phi) is 5.86. The Morgan fingerprint density at radius 2 is 1.80 bits per heavy atom. The van der Waals surface area contributed by atoms with Gasteiger partial charge in [0.05, 0.1) is 7.11 Å². The van der Waals surface area contributed by atoms with Crippen molar-refractivity contribution in [2.75, 3.05) is 26.7 Å². The van der Waals surface area contributed by atoms with Crippen molar-refractivity contribution < 1.29 is 4.74 Å². The third-order valence-electron chi connectivity index (χ3n) is 4.22. The fourth-order valence-corrected chi connectivity index (χ4v) is 2.97. The number of nitrogens with one attached hydrogen (secondary N) is 1. The van der Waals surface area contributed by atoms with E-state index < -0.39 is 0 Å². The van der Waals surface area contributed by atoms with Crippen LogP contribution in [0.2, 0.25) is 0 Å². The van der Waals surface area contributed by atoms with Gasteiger partial charge in [0.25, 0.3) is 0 Å². The lowest BCUT2D eigenvalue weighted by Gasteiger charge is -2.31. The molecule has 3 heteroatoms. The Morgan fingerprint density at radius 3 is 2.35 bits per heavy atom. The van der Waals surface area contributed by atoms with E-state index in [-0.39, 0.29) is 0 Å². The highest BCUT2D eigenvalue weighted by molar-refractivity contribution is 5.26. The molecule has 0 radical (unpaired) electrons. The number of methoxy groups -OCH3 is 1. The molecule has 3 nitrogen and oxygen atoms in total. The van der Waals surface area contributed by atoms with E-state index in [1.807, 2.05) is 12.1 Å². The molecule has 1 heterocycles. The minimum absolute atomic E-state index is 0.663. The fourth-order valence-electron chi connectivity index (χ4n) is 2.97. The number of nitrogens with zero attached hydrogens (tertiary/aromatic N) is 1. The second kappa shape index (κ2) is 7.65. The molecule has 1 unspecified atom stereocenters. The predicted molar refractivity (Wildman–Crippen MR) is 84.1 cm³/mol. The van der Waals surface area contributed by atoms with Crippen molar-refractivity contribution in [2.24, 2.45) is 5.92 Å². The van der Waals surface area contributed by atoms with Gasteiger partial charge in [-0.1, -0.05) is 26.0 Å². The van der Waals surface area contributed by atoms with E-state index in [1.165, 1.54) is 31.5 Å². The van der Waals surface area contributed by atoms with Crippen molar-refractivity contribution >= 4 is 0 Å². The van der Waals surface area contributed by atoms with Crippen LogP contribution in [0.1, 0.15) is 32.3 Å². The SMILES string of the molecule is COc1ccc(CNCC(C(C)C)N2CCCC2)cc1. The maximum atomic E-state index is 5.18. The molecule has 20 heavy (non-hydrogen) atoms. The zero-order valence-electron chi connectivity index (χ0n) is 13.1. The molecule has 0 aliphatic carbocycles. The number of hydrogen-bond donors (Lipinski definition) is 1. The maximum absolute atomic E-state index is 5.18. The van der Waals surface area contributed by atoms with Crippen molar-refractivity contribution in [1.82, 2.24) is 10.2 Å². The molecule has 0 amide bonds. The molecule has 112 valence electrons. The van der Waals surface area contributed by atoms with E-state index in [4.69, 9.17) is 4.74 Å². The number of ether oxygens (including phenoxy) is 1. The third kappa shape index (κ3) is 4.22. The summed E-state index contributed by atoms with van der Waals surface area (Å²) in [6.45, 7) is 9.21. The maximum Gasteiger partial charge on any atom is 0.118 e. The smallest absolute Gasteiger partial charge is 0.118 e. The summed E-state index contributed by atoms with van der Waals surface area (Å²) >= 11 is 0. The van der Waals surface area contributed by atoms with Gasteiger partial charge in [-0.15, -0.1) is 0 Å². The topological polar surface area (TPSA) is 24.5 Å². The second-order valence-electron chi connectivity index (χ2n) is 6.03. The van der Waals surface area contributed by atoms with Gasteiger partial charge in [-0.05, 0) is 49.5 Å². The molecule has 1 fully saturated rings. The molecule has 1 aromatic rings. The molecule has 0 spiro atoms. The Hall–Kier alpha value is -1.06. The summed E-state index contributed by atoms with van der Waals surface area (Å²) < 4.78 is 5.18. The Balaban J connectivity index is 1.80. The van der Waals surface area contributed by atoms with E-state index in [9.17, 15) is 0 Å². The summed E-state index contributed by atoms with van der Waals surface area (Å²) in [5.74, 6) is 1.63. The van der Waals surface area contributed by atoms with Crippen molar-refractivity contribution in [2.45, 2.75) is 39.3 Å². The van der Waals surface area contributed by atoms with Gasteiger partial charge in [-0.2, -0.15) is 0 Å². The first-order valence-electron chi connectivity index (χ1n) is 7.78. The van der Waals surface area contributed by atoms with Crippen LogP contribution in [-0.4, -0.2) is 37.7 Å². The minimum atomic E-state index is 0.663. The summed E-state index contributed by atoms with van der Waals surface area (Å²) in [5.41, 5.74) is 1.31. The average molecular weight is 276 g/mol. The highest BCUT2D eigenvalue weighted by Gasteiger charge is 2.23. The van der Waals surface area contributed by atoms with Gasteiger partial charge >= 0.3 is 0 Å². The van der Waals surface area contributed by atoms with Crippen LogP contribution in [0.4, 0.5) is 0 Å². The van der Waals surface area contributed by atoms with Crippen LogP contribution in [0.25, 0.3) is 0 Å². The largest absolute Gasteiger partial charge is 0.497 e. The zero-order valence-corrected chi connectivity index (χ0v) is 13.1. The molecule has 1 aliphatic rings. The van der Waals surface area contributed by atoms with Crippen LogP contribution < -0.4 is 10.1 Å². The summed E-state index contributed by atoms with van der Waals surface area (Å²) in [5, 5.41) is 3.61. The quantitative estimate of drug-likeness (QED) is 0.829. The highest BCUT2D eigenvalue weighted by Crippen LogP contribution is 2.17. The molecule has 1 N–H and O–H groups in total. The lowest BCUT2D eigenvalue weighted by molar-refractivity contribution is 0.186. The summed E-state index contributed by atoms with van der Waals surface area (Å²) in [6, 6.07) is 8.98. The standard InChI is InChI=1S/C17H28N2O/c1-14(2)17(19-10-4-5-11-19)13-18-12-15-6-8-16(20-3)9-7-15/h6-9,14,17-18H,4-5,10-13H2,1-3H3. The van der Waals surface area contributed by atoms with Crippen LogP contribution in [0.15, 0.2) is 24.3 Å². The van der Waals surface area contributed by atoms with Gasteiger partial charge in [0.15, 0.2) is 0 Å². The first kappa shape index (κ1) is 15.3. The number of hydrogen-bond acceptors (Lipinski definition) is 3. The van der Waals surface area contributed by atoms with Gasteiger partial charge in [0.2, 0.25) is 0 Å². The Bertz CT molecular complexity index is 382. The molecular weight excluding hydrogens is 248 g/mol. The molecule has 0 aromatic heterocycles. The third-order valence-corrected chi connectivity index (χ3v) is 4.22. The van der Waals surface area contributed by atoms with Crippen LogP contribution in [-0.2, 0) is 6.54 Å². The Morgan fingerprint density at radius 1 is 1.15 bits per heavy atom. The van der Waals surface area contributed by atoms with E-state index in [2.05, 4.69) is 36.2 Å². The van der Waals surface area contributed by atoms with Crippen LogP contribution in [0, 0.1) is 5.92 Å². The van der Waals surface area contributed by atoms with Gasteiger partial charge < -0.3 is 10.1 Å². The molecule has 1 atom stereocenters. The summed E-state index contributed by atoms with van der Waals surface area (Å²) in [7, 11) is 1.70. The Labute approximate surface area is 123 Å². The lowest BCUT2D eigenvalue weighted by atomic mass is 10.0. The average Bonchev–Trinajstić information content (AvgIpc) is 2.97. The predicted octanol–water partition coefficient (Wildman–Crippen LogP) is 2.91. The number of benzene rings is 1. The van der Waals surface area contributed by atoms with Gasteiger partial charge in [-0.25, -0.2) is 0 Å². The van der Waals surface area contributed by atoms with Gasteiger partial charge in [-0.3, -0.25) is 4.90 Å². The van der Waals surface area contributed by atoms with E-state index in [0.717, 1.165) is 18.8 Å². The minimum Gasteiger partial charge on any atom is -0.497 e. The van der Waals surface area contributed by atoms with Gasteiger partial charge in [0, 0.05) is 19.1 Å². The second-order valence-corrected chi connectivity index (χ2v) is 6.03. The lowest BCUT2D eigenvalue weighted by Crippen LogP contribution is -2.44. The van der Waals surface area contributed by atoms with Crippen LogP contribution in [0.5, 0.6) is 5.75 Å². The summed E-state index contributed by atoms with van der Waals surface area (Å²) in [6.07, 6.45) is 2.73. The van der Waals surface area contributed by atoms with E-state index in [0.29, 0.717) is 12.0 Å². The van der Waals surface area contributed by atoms with Crippen molar-refractivity contribution in [1.29, 1.82) is 0 Å². The molecule has 1 saturated heterocycles. The normalized spacial score (nSPS) is 17.6. The van der Waals surface area contributed by atoms with Crippen molar-refractivity contribution in [3.8, 4) is 5.75 Å².